The average molecular weight is 119 g/mol. The second-order valence-electron chi connectivity index (χ2n) is 1.92. The van der Waals surface area contributed by atoms with Crippen molar-refractivity contribution in [3.05, 3.63) is 0 Å². The van der Waals surface area contributed by atoms with E-state index >= 15 is 0 Å². The summed E-state index contributed by atoms with van der Waals surface area (Å²) in [5.41, 5.74) is 5.10. The number of rotatable bonds is 3. The lowest BCUT2D eigenvalue weighted by atomic mass is 10.2. The van der Waals surface area contributed by atoms with Crippen molar-refractivity contribution < 1.29 is 9.84 Å². The van der Waals surface area contributed by atoms with Gasteiger partial charge < -0.3 is 15.6 Å². The molecule has 2 unspecified atom stereocenters. The summed E-state index contributed by atoms with van der Waals surface area (Å²) < 4.78 is 4.72. The van der Waals surface area contributed by atoms with Gasteiger partial charge in [0.25, 0.3) is 0 Å². The third-order valence-corrected chi connectivity index (χ3v) is 1.01. The summed E-state index contributed by atoms with van der Waals surface area (Å²) in [6, 6.07) is 0. The first-order valence-electron chi connectivity index (χ1n) is 2.61. The summed E-state index contributed by atoms with van der Waals surface area (Å²) in [6.45, 7) is 2.34. The van der Waals surface area contributed by atoms with Crippen LogP contribution in [0.2, 0.25) is 0 Å². The van der Waals surface area contributed by atoms with E-state index in [1.807, 2.05) is 6.92 Å². The number of ether oxygens (including phenoxy) is 1. The van der Waals surface area contributed by atoms with E-state index in [9.17, 15) is 0 Å². The number of hydrogen-bond acceptors (Lipinski definition) is 3. The van der Waals surface area contributed by atoms with E-state index in [1.54, 1.807) is 7.11 Å². The van der Waals surface area contributed by atoms with Gasteiger partial charge in [0, 0.05) is 13.0 Å². The minimum absolute atomic E-state index is 0.0278. The molecule has 0 saturated carbocycles. The predicted molar refractivity (Wildman–Crippen MR) is 31.2 cm³/mol. The Bertz CT molecular complexity index is 56.4. The van der Waals surface area contributed by atoms with E-state index in [-0.39, 0.29) is 5.92 Å². The molecule has 3 nitrogen and oxygen atoms in total. The lowest BCUT2D eigenvalue weighted by Gasteiger charge is -2.11. The molecule has 0 saturated heterocycles. The van der Waals surface area contributed by atoms with Gasteiger partial charge in [-0.3, -0.25) is 0 Å². The van der Waals surface area contributed by atoms with Crippen molar-refractivity contribution in [3.8, 4) is 0 Å². The topological polar surface area (TPSA) is 55.5 Å². The Hall–Kier alpha value is -0.120. The van der Waals surface area contributed by atoms with E-state index in [4.69, 9.17) is 15.6 Å². The minimum atomic E-state index is -0.755. The predicted octanol–water partition coefficient (Wildman–Crippen LogP) is -0.454. The SMILES string of the molecule is COCC(C)C(N)O. The summed E-state index contributed by atoms with van der Waals surface area (Å²) in [6.07, 6.45) is -0.755. The van der Waals surface area contributed by atoms with Crippen molar-refractivity contribution in [3.63, 3.8) is 0 Å². The molecule has 0 heterocycles. The Balaban J connectivity index is 3.17. The third-order valence-electron chi connectivity index (χ3n) is 1.01. The van der Waals surface area contributed by atoms with E-state index < -0.39 is 6.23 Å². The molecule has 8 heavy (non-hydrogen) atoms. The first-order chi connectivity index (χ1) is 3.68. The number of aliphatic hydroxyl groups excluding tert-OH is 1. The Morgan fingerprint density at radius 2 is 2.25 bits per heavy atom. The zero-order chi connectivity index (χ0) is 6.57. The van der Waals surface area contributed by atoms with E-state index in [0.717, 1.165) is 0 Å². The van der Waals surface area contributed by atoms with Gasteiger partial charge in [0.15, 0.2) is 0 Å². The summed E-state index contributed by atoms with van der Waals surface area (Å²) in [4.78, 5) is 0. The normalized spacial score (nSPS) is 18.0. The molecule has 0 bridgehead atoms. The van der Waals surface area contributed by atoms with Gasteiger partial charge in [-0.25, -0.2) is 0 Å². The molecule has 0 rings (SSSR count). The molecule has 3 heteroatoms. The largest absolute Gasteiger partial charge is 0.384 e. The van der Waals surface area contributed by atoms with Crippen LogP contribution >= 0.6 is 0 Å². The van der Waals surface area contributed by atoms with Crippen LogP contribution in [0, 0.1) is 5.92 Å². The standard InChI is InChI=1S/C5H13NO2/c1-4(3-8-2)5(6)7/h4-5,7H,3,6H2,1-2H3. The maximum absolute atomic E-state index is 8.65. The lowest BCUT2D eigenvalue weighted by molar-refractivity contribution is 0.0612. The molecule has 0 aromatic heterocycles. The zero-order valence-corrected chi connectivity index (χ0v) is 5.29. The van der Waals surface area contributed by atoms with Crippen LogP contribution < -0.4 is 5.73 Å². The van der Waals surface area contributed by atoms with Crippen LogP contribution in [0.4, 0.5) is 0 Å². The summed E-state index contributed by atoms with van der Waals surface area (Å²) in [5, 5.41) is 8.65. The maximum atomic E-state index is 8.65. The van der Waals surface area contributed by atoms with Crippen LogP contribution in [0.3, 0.4) is 0 Å². The van der Waals surface area contributed by atoms with Crippen molar-refractivity contribution in [1.82, 2.24) is 0 Å². The summed E-state index contributed by atoms with van der Waals surface area (Å²) in [5.74, 6) is 0.0278. The molecule has 50 valence electrons. The molecule has 0 fully saturated rings. The van der Waals surface area contributed by atoms with Gasteiger partial charge in [-0.05, 0) is 0 Å². The molecule has 2 atom stereocenters. The first-order valence-corrected chi connectivity index (χ1v) is 2.61. The van der Waals surface area contributed by atoms with Crippen LogP contribution in [0.1, 0.15) is 6.92 Å². The fourth-order valence-corrected chi connectivity index (χ4v) is 0.361. The van der Waals surface area contributed by atoms with Crippen LogP contribution in [0.25, 0.3) is 0 Å². The summed E-state index contributed by atoms with van der Waals surface area (Å²) in [7, 11) is 1.58. The Kier molecular flexibility index (Phi) is 3.77. The molecular weight excluding hydrogens is 106 g/mol. The number of aliphatic hydroxyl groups is 1. The van der Waals surface area contributed by atoms with Crippen LogP contribution in [0.15, 0.2) is 0 Å². The second kappa shape index (κ2) is 3.83. The Labute approximate surface area is 49.4 Å². The molecule has 0 aliphatic carbocycles. The number of methoxy groups -OCH3 is 1. The van der Waals surface area contributed by atoms with Crippen molar-refractivity contribution in [2.75, 3.05) is 13.7 Å². The highest BCUT2D eigenvalue weighted by Crippen LogP contribution is 1.95. The van der Waals surface area contributed by atoms with E-state index in [0.29, 0.717) is 6.61 Å². The van der Waals surface area contributed by atoms with Crippen molar-refractivity contribution in [1.29, 1.82) is 0 Å². The average Bonchev–Trinajstić information content (AvgIpc) is 1.67. The Morgan fingerprint density at radius 3 is 2.38 bits per heavy atom. The Morgan fingerprint density at radius 1 is 1.75 bits per heavy atom. The highest BCUT2D eigenvalue weighted by Gasteiger charge is 2.06. The van der Waals surface area contributed by atoms with Gasteiger partial charge in [-0.2, -0.15) is 0 Å². The zero-order valence-electron chi connectivity index (χ0n) is 5.29. The van der Waals surface area contributed by atoms with Crippen LogP contribution in [-0.2, 0) is 4.74 Å². The third kappa shape index (κ3) is 2.96. The van der Waals surface area contributed by atoms with Crippen molar-refractivity contribution >= 4 is 0 Å². The van der Waals surface area contributed by atoms with Gasteiger partial charge in [-0.15, -0.1) is 0 Å². The quantitative estimate of drug-likeness (QED) is 0.494. The first kappa shape index (κ1) is 7.88. The molecule has 0 aliphatic heterocycles. The minimum Gasteiger partial charge on any atom is -0.384 e. The van der Waals surface area contributed by atoms with Crippen LogP contribution in [0.5, 0.6) is 0 Å². The van der Waals surface area contributed by atoms with E-state index in [2.05, 4.69) is 0 Å². The molecule has 0 radical (unpaired) electrons. The molecule has 0 aliphatic rings. The molecule has 0 aromatic rings. The van der Waals surface area contributed by atoms with Gasteiger partial charge in [-0.1, -0.05) is 6.92 Å². The van der Waals surface area contributed by atoms with Gasteiger partial charge in [0.2, 0.25) is 0 Å². The molecule has 3 N–H and O–H groups in total. The molecule has 0 aromatic carbocycles. The van der Waals surface area contributed by atoms with Crippen molar-refractivity contribution in [2.24, 2.45) is 11.7 Å². The fraction of sp³-hybridized carbons (Fsp3) is 1.00. The molecule has 0 spiro atoms. The van der Waals surface area contributed by atoms with Gasteiger partial charge in [0.05, 0.1) is 6.61 Å². The van der Waals surface area contributed by atoms with Gasteiger partial charge in [0.1, 0.15) is 6.23 Å². The summed E-state index contributed by atoms with van der Waals surface area (Å²) >= 11 is 0. The molecule has 0 amide bonds. The van der Waals surface area contributed by atoms with Crippen LogP contribution in [-0.4, -0.2) is 25.1 Å². The highest BCUT2D eigenvalue weighted by molar-refractivity contribution is 4.54. The smallest absolute Gasteiger partial charge is 0.107 e. The second-order valence-corrected chi connectivity index (χ2v) is 1.92. The number of hydrogen-bond donors (Lipinski definition) is 2. The van der Waals surface area contributed by atoms with E-state index in [1.165, 1.54) is 0 Å². The fourth-order valence-electron chi connectivity index (χ4n) is 0.361. The lowest BCUT2D eigenvalue weighted by Crippen LogP contribution is -2.30. The monoisotopic (exact) mass is 119 g/mol. The van der Waals surface area contributed by atoms with Gasteiger partial charge >= 0.3 is 0 Å². The highest BCUT2D eigenvalue weighted by atomic mass is 16.5. The van der Waals surface area contributed by atoms with Crippen molar-refractivity contribution in [2.45, 2.75) is 13.2 Å². The molecular formula is C5H13NO2. The number of nitrogens with two attached hydrogens (primary N) is 1. The maximum Gasteiger partial charge on any atom is 0.107 e.